The van der Waals surface area contributed by atoms with E-state index >= 15 is 0 Å². The standard InChI is InChI=1S/C16H20N2O2/c1-10-3-6-14(11(2)7-10)17-16(20)12-8-15(19)18(9-12)13-4-5-13/h3,6-7,12-13H,4-5,8-9H2,1-2H3,(H,17,20). The van der Waals surface area contributed by atoms with E-state index in [2.05, 4.69) is 5.32 Å². The van der Waals surface area contributed by atoms with E-state index < -0.39 is 0 Å². The molecule has 1 N–H and O–H groups in total. The predicted octanol–water partition coefficient (Wildman–Crippen LogP) is 2.25. The van der Waals surface area contributed by atoms with Crippen LogP contribution in [-0.4, -0.2) is 29.3 Å². The fourth-order valence-corrected chi connectivity index (χ4v) is 2.84. The van der Waals surface area contributed by atoms with Crippen molar-refractivity contribution in [1.29, 1.82) is 0 Å². The number of benzene rings is 1. The lowest BCUT2D eigenvalue weighted by Crippen LogP contribution is -2.30. The molecule has 4 nitrogen and oxygen atoms in total. The Labute approximate surface area is 119 Å². The maximum absolute atomic E-state index is 12.3. The van der Waals surface area contributed by atoms with Gasteiger partial charge in [-0.2, -0.15) is 0 Å². The molecule has 0 bridgehead atoms. The van der Waals surface area contributed by atoms with Crippen LogP contribution in [0.5, 0.6) is 0 Å². The molecule has 1 aromatic carbocycles. The molecule has 106 valence electrons. The molecule has 4 heteroatoms. The first-order chi connectivity index (χ1) is 9.54. The zero-order valence-electron chi connectivity index (χ0n) is 12.0. The summed E-state index contributed by atoms with van der Waals surface area (Å²) in [5.41, 5.74) is 3.08. The van der Waals surface area contributed by atoms with Crippen molar-refractivity contribution in [2.75, 3.05) is 11.9 Å². The minimum absolute atomic E-state index is 0.0338. The SMILES string of the molecule is Cc1ccc(NC(=O)C2CC(=O)N(C3CC3)C2)c(C)c1. The van der Waals surface area contributed by atoms with Crippen molar-refractivity contribution in [3.8, 4) is 0 Å². The summed E-state index contributed by atoms with van der Waals surface area (Å²) < 4.78 is 0. The Bertz CT molecular complexity index is 564. The summed E-state index contributed by atoms with van der Waals surface area (Å²) in [6.07, 6.45) is 2.54. The molecule has 0 spiro atoms. The highest BCUT2D eigenvalue weighted by Crippen LogP contribution is 2.33. The molecule has 1 unspecified atom stereocenters. The van der Waals surface area contributed by atoms with Crippen LogP contribution in [0.2, 0.25) is 0 Å². The first-order valence-corrected chi connectivity index (χ1v) is 7.22. The summed E-state index contributed by atoms with van der Waals surface area (Å²) in [5.74, 6) is -0.106. The van der Waals surface area contributed by atoms with Crippen LogP contribution in [0.1, 0.15) is 30.4 Å². The molecule has 1 saturated carbocycles. The van der Waals surface area contributed by atoms with E-state index in [1.165, 1.54) is 5.56 Å². The second kappa shape index (κ2) is 4.93. The number of hydrogen-bond acceptors (Lipinski definition) is 2. The fourth-order valence-electron chi connectivity index (χ4n) is 2.84. The number of hydrogen-bond donors (Lipinski definition) is 1. The highest BCUT2D eigenvalue weighted by molar-refractivity contribution is 5.97. The van der Waals surface area contributed by atoms with Crippen molar-refractivity contribution in [3.63, 3.8) is 0 Å². The third kappa shape index (κ3) is 2.55. The normalized spacial score (nSPS) is 22.2. The summed E-state index contributed by atoms with van der Waals surface area (Å²) in [6, 6.07) is 6.37. The Morgan fingerprint density at radius 2 is 2.05 bits per heavy atom. The number of rotatable bonds is 3. The quantitative estimate of drug-likeness (QED) is 0.917. The van der Waals surface area contributed by atoms with E-state index in [4.69, 9.17) is 0 Å². The third-order valence-electron chi connectivity index (χ3n) is 4.16. The van der Waals surface area contributed by atoms with Gasteiger partial charge in [-0.15, -0.1) is 0 Å². The number of anilines is 1. The van der Waals surface area contributed by atoms with Gasteiger partial charge in [0.05, 0.1) is 5.92 Å². The number of amides is 2. The molecular formula is C16H20N2O2. The first-order valence-electron chi connectivity index (χ1n) is 7.22. The van der Waals surface area contributed by atoms with Crippen molar-refractivity contribution in [2.45, 2.75) is 39.2 Å². The van der Waals surface area contributed by atoms with E-state index in [0.717, 1.165) is 24.1 Å². The van der Waals surface area contributed by atoms with Crippen LogP contribution in [0.25, 0.3) is 0 Å². The van der Waals surface area contributed by atoms with Crippen molar-refractivity contribution in [3.05, 3.63) is 29.3 Å². The maximum atomic E-state index is 12.3. The van der Waals surface area contributed by atoms with Gasteiger partial charge in [0, 0.05) is 24.7 Å². The Kier molecular flexibility index (Phi) is 3.24. The first kappa shape index (κ1) is 13.2. The lowest BCUT2D eigenvalue weighted by atomic mass is 10.1. The monoisotopic (exact) mass is 272 g/mol. The minimum atomic E-state index is -0.205. The van der Waals surface area contributed by atoms with Crippen molar-refractivity contribution in [1.82, 2.24) is 4.90 Å². The molecule has 0 aromatic heterocycles. The largest absolute Gasteiger partial charge is 0.339 e. The number of likely N-dealkylation sites (tertiary alicyclic amines) is 1. The van der Waals surface area contributed by atoms with Crippen LogP contribution in [0.3, 0.4) is 0 Å². The molecule has 1 aromatic rings. The lowest BCUT2D eigenvalue weighted by Gasteiger charge is -2.16. The molecular weight excluding hydrogens is 252 g/mol. The van der Waals surface area contributed by atoms with E-state index in [-0.39, 0.29) is 17.7 Å². The number of carbonyl (C=O) groups excluding carboxylic acids is 2. The number of nitrogens with one attached hydrogen (secondary N) is 1. The smallest absolute Gasteiger partial charge is 0.229 e. The van der Waals surface area contributed by atoms with Crippen LogP contribution in [0, 0.1) is 19.8 Å². The Hall–Kier alpha value is -1.84. The maximum Gasteiger partial charge on any atom is 0.229 e. The van der Waals surface area contributed by atoms with E-state index in [0.29, 0.717) is 19.0 Å². The summed E-state index contributed by atoms with van der Waals surface area (Å²) in [7, 11) is 0. The second-order valence-electron chi connectivity index (χ2n) is 5.99. The van der Waals surface area contributed by atoms with E-state index in [9.17, 15) is 9.59 Å². The van der Waals surface area contributed by atoms with Gasteiger partial charge in [-0.3, -0.25) is 9.59 Å². The van der Waals surface area contributed by atoms with Gasteiger partial charge in [0.25, 0.3) is 0 Å². The fraction of sp³-hybridized carbons (Fsp3) is 0.500. The summed E-state index contributed by atoms with van der Waals surface area (Å²) in [6.45, 7) is 4.60. The van der Waals surface area contributed by atoms with Crippen LogP contribution < -0.4 is 5.32 Å². The minimum Gasteiger partial charge on any atom is -0.339 e. The summed E-state index contributed by atoms with van der Waals surface area (Å²) in [5, 5.41) is 2.96. The molecule has 20 heavy (non-hydrogen) atoms. The molecule has 0 radical (unpaired) electrons. The van der Waals surface area contributed by atoms with Crippen LogP contribution in [-0.2, 0) is 9.59 Å². The highest BCUT2D eigenvalue weighted by Gasteiger charge is 2.41. The predicted molar refractivity (Wildman–Crippen MR) is 77.4 cm³/mol. The second-order valence-corrected chi connectivity index (χ2v) is 5.99. The molecule has 1 heterocycles. The van der Waals surface area contributed by atoms with Crippen LogP contribution >= 0.6 is 0 Å². The van der Waals surface area contributed by atoms with Crippen LogP contribution in [0.15, 0.2) is 18.2 Å². The average Bonchev–Trinajstić information content (AvgIpc) is 3.16. The number of aryl methyl sites for hydroxylation is 2. The Balaban J connectivity index is 1.66. The summed E-state index contributed by atoms with van der Waals surface area (Å²) in [4.78, 5) is 26.1. The molecule has 2 fully saturated rings. The molecule has 1 aliphatic carbocycles. The van der Waals surface area contributed by atoms with Gasteiger partial charge in [0.2, 0.25) is 11.8 Å². The summed E-state index contributed by atoms with van der Waals surface area (Å²) >= 11 is 0. The molecule has 1 saturated heterocycles. The third-order valence-corrected chi connectivity index (χ3v) is 4.16. The molecule has 2 amide bonds. The van der Waals surface area contributed by atoms with Gasteiger partial charge in [0.15, 0.2) is 0 Å². The van der Waals surface area contributed by atoms with Crippen LogP contribution in [0.4, 0.5) is 5.69 Å². The topological polar surface area (TPSA) is 49.4 Å². The molecule has 1 aliphatic heterocycles. The Morgan fingerprint density at radius 3 is 2.70 bits per heavy atom. The van der Waals surface area contributed by atoms with E-state index in [1.807, 2.05) is 36.9 Å². The van der Waals surface area contributed by atoms with Gasteiger partial charge in [-0.05, 0) is 38.3 Å². The van der Waals surface area contributed by atoms with E-state index in [1.54, 1.807) is 0 Å². The zero-order valence-corrected chi connectivity index (χ0v) is 12.0. The zero-order chi connectivity index (χ0) is 14.3. The van der Waals surface area contributed by atoms with Gasteiger partial charge in [-0.25, -0.2) is 0 Å². The van der Waals surface area contributed by atoms with Gasteiger partial charge in [-0.1, -0.05) is 17.7 Å². The Morgan fingerprint density at radius 1 is 1.30 bits per heavy atom. The average molecular weight is 272 g/mol. The lowest BCUT2D eigenvalue weighted by molar-refractivity contribution is -0.128. The molecule has 2 aliphatic rings. The van der Waals surface area contributed by atoms with Crippen molar-refractivity contribution in [2.24, 2.45) is 5.92 Å². The van der Waals surface area contributed by atoms with Gasteiger partial charge >= 0.3 is 0 Å². The molecule has 3 rings (SSSR count). The van der Waals surface area contributed by atoms with Gasteiger partial charge < -0.3 is 10.2 Å². The highest BCUT2D eigenvalue weighted by atomic mass is 16.2. The number of nitrogens with zero attached hydrogens (tertiary/aromatic N) is 1. The van der Waals surface area contributed by atoms with Crippen molar-refractivity contribution < 1.29 is 9.59 Å². The van der Waals surface area contributed by atoms with Gasteiger partial charge in [0.1, 0.15) is 0 Å². The number of carbonyl (C=O) groups is 2. The molecule has 1 atom stereocenters. The van der Waals surface area contributed by atoms with Crippen molar-refractivity contribution >= 4 is 17.5 Å².